The molecular weight excluding hydrogens is 210 g/mol. The third-order valence-corrected chi connectivity index (χ3v) is 2.71. The van der Waals surface area contributed by atoms with Gasteiger partial charge in [0, 0.05) is 0 Å². The molecule has 0 saturated heterocycles. The highest BCUT2D eigenvalue weighted by Gasteiger charge is 2.12. The Balaban J connectivity index is 2.33. The zero-order valence-electron chi connectivity index (χ0n) is 9.63. The molecular formula is C15H13NO. The fourth-order valence-electron chi connectivity index (χ4n) is 1.78. The van der Waals surface area contributed by atoms with Crippen LogP contribution in [0.15, 0.2) is 54.6 Å². The highest BCUT2D eigenvalue weighted by molar-refractivity contribution is 5.40. The molecule has 2 heteroatoms. The fraction of sp³-hybridized carbons (Fsp3) is 0.133. The van der Waals surface area contributed by atoms with Gasteiger partial charge in [0.25, 0.3) is 0 Å². The Morgan fingerprint density at radius 2 is 1.53 bits per heavy atom. The molecule has 2 aromatic rings. The summed E-state index contributed by atoms with van der Waals surface area (Å²) in [5, 5.41) is 9.28. The minimum absolute atomic E-state index is 0.220. The van der Waals surface area contributed by atoms with Crippen molar-refractivity contribution in [3.63, 3.8) is 0 Å². The van der Waals surface area contributed by atoms with E-state index in [0.29, 0.717) is 0 Å². The first-order valence-corrected chi connectivity index (χ1v) is 5.43. The third-order valence-electron chi connectivity index (χ3n) is 2.71. The van der Waals surface area contributed by atoms with Gasteiger partial charge in [0.2, 0.25) is 0 Å². The van der Waals surface area contributed by atoms with Crippen LogP contribution in [0, 0.1) is 11.3 Å². The second-order valence-electron chi connectivity index (χ2n) is 3.75. The van der Waals surface area contributed by atoms with Crippen molar-refractivity contribution in [2.75, 3.05) is 7.11 Å². The Morgan fingerprint density at radius 1 is 0.941 bits per heavy atom. The van der Waals surface area contributed by atoms with Gasteiger partial charge < -0.3 is 4.74 Å². The second kappa shape index (κ2) is 5.18. The minimum Gasteiger partial charge on any atom is -0.497 e. The second-order valence-corrected chi connectivity index (χ2v) is 3.75. The van der Waals surface area contributed by atoms with Gasteiger partial charge in [0.15, 0.2) is 0 Å². The topological polar surface area (TPSA) is 33.0 Å². The molecule has 0 N–H and O–H groups in total. The molecule has 0 amide bonds. The van der Waals surface area contributed by atoms with E-state index in [-0.39, 0.29) is 5.92 Å². The van der Waals surface area contributed by atoms with Gasteiger partial charge in [-0.2, -0.15) is 5.26 Å². The molecule has 84 valence electrons. The predicted molar refractivity (Wildman–Crippen MR) is 66.9 cm³/mol. The predicted octanol–water partition coefficient (Wildman–Crippen LogP) is 3.35. The van der Waals surface area contributed by atoms with Crippen LogP contribution in [0.2, 0.25) is 0 Å². The molecule has 1 unspecified atom stereocenters. The van der Waals surface area contributed by atoms with Crippen LogP contribution in [0.4, 0.5) is 0 Å². The van der Waals surface area contributed by atoms with Crippen molar-refractivity contribution in [1.29, 1.82) is 5.26 Å². The van der Waals surface area contributed by atoms with E-state index in [2.05, 4.69) is 6.07 Å². The quantitative estimate of drug-likeness (QED) is 0.799. The normalized spacial score (nSPS) is 11.5. The Bertz CT molecular complexity index is 511. The fourth-order valence-corrected chi connectivity index (χ4v) is 1.78. The summed E-state index contributed by atoms with van der Waals surface area (Å²) in [4.78, 5) is 0. The van der Waals surface area contributed by atoms with Crippen LogP contribution in [0.25, 0.3) is 0 Å². The van der Waals surface area contributed by atoms with E-state index >= 15 is 0 Å². The summed E-state index contributed by atoms with van der Waals surface area (Å²) in [6.45, 7) is 0. The maximum absolute atomic E-state index is 9.28. The molecule has 0 aliphatic rings. The van der Waals surface area contributed by atoms with Gasteiger partial charge in [-0.3, -0.25) is 0 Å². The molecule has 0 fully saturated rings. The van der Waals surface area contributed by atoms with Gasteiger partial charge in [-0.1, -0.05) is 42.5 Å². The zero-order chi connectivity index (χ0) is 12.1. The summed E-state index contributed by atoms with van der Waals surface area (Å²) in [6.07, 6.45) is 0. The van der Waals surface area contributed by atoms with Crippen molar-refractivity contribution in [2.24, 2.45) is 0 Å². The van der Waals surface area contributed by atoms with Crippen LogP contribution in [0.1, 0.15) is 17.0 Å². The number of rotatable bonds is 3. The summed E-state index contributed by atoms with van der Waals surface area (Å²) in [7, 11) is 1.63. The van der Waals surface area contributed by atoms with Crippen LogP contribution in [0.3, 0.4) is 0 Å². The number of methoxy groups -OCH3 is 1. The number of hydrogen-bond donors (Lipinski definition) is 0. The average molecular weight is 223 g/mol. The summed E-state index contributed by atoms with van der Waals surface area (Å²) in [5.74, 6) is 0.584. The molecule has 0 aliphatic carbocycles. The third kappa shape index (κ3) is 2.46. The lowest BCUT2D eigenvalue weighted by Crippen LogP contribution is -1.97. The molecule has 1 atom stereocenters. The van der Waals surface area contributed by atoms with Gasteiger partial charge in [-0.05, 0) is 23.3 Å². The Hall–Kier alpha value is -2.27. The molecule has 0 heterocycles. The largest absolute Gasteiger partial charge is 0.497 e. The molecule has 2 aromatic carbocycles. The monoisotopic (exact) mass is 223 g/mol. The average Bonchev–Trinajstić information content (AvgIpc) is 2.42. The zero-order valence-corrected chi connectivity index (χ0v) is 9.63. The number of hydrogen-bond acceptors (Lipinski definition) is 2. The molecule has 17 heavy (non-hydrogen) atoms. The molecule has 0 bridgehead atoms. The summed E-state index contributed by atoms with van der Waals surface area (Å²) >= 11 is 0. The van der Waals surface area contributed by atoms with E-state index in [9.17, 15) is 5.26 Å². The minimum atomic E-state index is -0.220. The summed E-state index contributed by atoms with van der Waals surface area (Å²) < 4.78 is 5.11. The highest BCUT2D eigenvalue weighted by Crippen LogP contribution is 2.25. The van der Waals surface area contributed by atoms with Gasteiger partial charge in [0.05, 0.1) is 19.1 Å². The maximum atomic E-state index is 9.28. The van der Waals surface area contributed by atoms with Crippen LogP contribution in [-0.4, -0.2) is 7.11 Å². The first-order valence-electron chi connectivity index (χ1n) is 5.43. The van der Waals surface area contributed by atoms with Gasteiger partial charge in [-0.25, -0.2) is 0 Å². The standard InChI is InChI=1S/C15H13NO/c1-17-14-9-7-13(8-10-14)15(11-16)12-5-3-2-4-6-12/h2-10,15H,1H3. The maximum Gasteiger partial charge on any atom is 0.118 e. The van der Waals surface area contributed by atoms with Gasteiger partial charge >= 0.3 is 0 Å². The SMILES string of the molecule is COc1ccc(C(C#N)c2ccccc2)cc1. The molecule has 0 aromatic heterocycles. The van der Waals surface area contributed by atoms with E-state index in [1.807, 2.05) is 54.6 Å². The van der Waals surface area contributed by atoms with Crippen LogP contribution in [0.5, 0.6) is 5.75 Å². The lowest BCUT2D eigenvalue weighted by molar-refractivity contribution is 0.414. The van der Waals surface area contributed by atoms with Crippen LogP contribution < -0.4 is 4.74 Å². The molecule has 2 nitrogen and oxygen atoms in total. The van der Waals surface area contributed by atoms with E-state index in [4.69, 9.17) is 4.74 Å². The van der Waals surface area contributed by atoms with Crippen molar-refractivity contribution in [3.05, 3.63) is 65.7 Å². The highest BCUT2D eigenvalue weighted by atomic mass is 16.5. The Labute approximate surface area is 101 Å². The number of nitrogens with zero attached hydrogens (tertiary/aromatic N) is 1. The van der Waals surface area contributed by atoms with Gasteiger partial charge in [0.1, 0.15) is 5.75 Å². The van der Waals surface area contributed by atoms with Gasteiger partial charge in [-0.15, -0.1) is 0 Å². The number of ether oxygens (including phenoxy) is 1. The first kappa shape index (κ1) is 11.2. The molecule has 0 saturated carbocycles. The molecule has 0 aliphatic heterocycles. The van der Waals surface area contributed by atoms with E-state index < -0.39 is 0 Å². The van der Waals surface area contributed by atoms with Crippen molar-refractivity contribution < 1.29 is 4.74 Å². The van der Waals surface area contributed by atoms with E-state index in [1.165, 1.54) is 0 Å². The Morgan fingerprint density at radius 3 is 2.06 bits per heavy atom. The lowest BCUT2D eigenvalue weighted by Gasteiger charge is -2.10. The number of nitriles is 1. The molecule has 0 radical (unpaired) electrons. The summed E-state index contributed by atoms with van der Waals surface area (Å²) in [6, 6.07) is 19.7. The van der Waals surface area contributed by atoms with Crippen LogP contribution >= 0.6 is 0 Å². The lowest BCUT2D eigenvalue weighted by atomic mass is 9.93. The first-order chi connectivity index (χ1) is 8.35. The van der Waals surface area contributed by atoms with E-state index in [0.717, 1.165) is 16.9 Å². The van der Waals surface area contributed by atoms with Crippen molar-refractivity contribution >= 4 is 0 Å². The summed E-state index contributed by atoms with van der Waals surface area (Å²) in [5.41, 5.74) is 2.00. The smallest absolute Gasteiger partial charge is 0.118 e. The van der Waals surface area contributed by atoms with Crippen molar-refractivity contribution in [2.45, 2.75) is 5.92 Å². The van der Waals surface area contributed by atoms with E-state index in [1.54, 1.807) is 7.11 Å². The number of benzene rings is 2. The van der Waals surface area contributed by atoms with Crippen molar-refractivity contribution in [3.8, 4) is 11.8 Å². The van der Waals surface area contributed by atoms with Crippen molar-refractivity contribution in [1.82, 2.24) is 0 Å². The van der Waals surface area contributed by atoms with Crippen LogP contribution in [-0.2, 0) is 0 Å². The molecule has 2 rings (SSSR count). The Kier molecular flexibility index (Phi) is 3.42. The molecule has 0 spiro atoms.